The standard InChI is InChI=1S/C16H28N4O2S3/c1-13(12-15-5-4-14(2)24-15)19-16(17-3)18-6-11-25(21,22)20-7-9-23-10-8-20/h4-5,13H,6-12H2,1-3H3,(H2,17,18,19). The van der Waals surface area contributed by atoms with Crippen molar-refractivity contribution in [2.45, 2.75) is 26.3 Å². The summed E-state index contributed by atoms with van der Waals surface area (Å²) in [5.74, 6) is 2.51. The lowest BCUT2D eigenvalue weighted by Crippen LogP contribution is -2.46. The van der Waals surface area contributed by atoms with Crippen molar-refractivity contribution in [3.05, 3.63) is 21.9 Å². The van der Waals surface area contributed by atoms with Crippen LogP contribution in [0.1, 0.15) is 16.7 Å². The fourth-order valence-corrected chi connectivity index (χ4v) is 6.14. The largest absolute Gasteiger partial charge is 0.355 e. The van der Waals surface area contributed by atoms with Crippen LogP contribution in [0, 0.1) is 6.92 Å². The molecule has 1 saturated heterocycles. The fraction of sp³-hybridized carbons (Fsp3) is 0.688. The van der Waals surface area contributed by atoms with Crippen molar-refractivity contribution in [3.8, 4) is 0 Å². The molecule has 1 fully saturated rings. The van der Waals surface area contributed by atoms with E-state index in [2.05, 4.69) is 41.6 Å². The predicted octanol–water partition coefficient (Wildman–Crippen LogP) is 1.53. The lowest BCUT2D eigenvalue weighted by Gasteiger charge is -2.26. The van der Waals surface area contributed by atoms with Gasteiger partial charge in [-0.3, -0.25) is 4.99 Å². The zero-order valence-electron chi connectivity index (χ0n) is 15.1. The van der Waals surface area contributed by atoms with Crippen molar-refractivity contribution in [1.29, 1.82) is 0 Å². The molecule has 0 spiro atoms. The predicted molar refractivity (Wildman–Crippen MR) is 109 cm³/mol. The quantitative estimate of drug-likeness (QED) is 0.533. The molecule has 1 aliphatic rings. The highest BCUT2D eigenvalue weighted by Gasteiger charge is 2.23. The molecule has 6 nitrogen and oxygen atoms in total. The number of sulfonamides is 1. The van der Waals surface area contributed by atoms with Crippen molar-refractivity contribution in [2.75, 3.05) is 43.9 Å². The van der Waals surface area contributed by atoms with E-state index >= 15 is 0 Å². The second-order valence-electron chi connectivity index (χ2n) is 6.09. The number of aryl methyl sites for hydroxylation is 1. The molecule has 0 aromatic carbocycles. The number of thiophene rings is 1. The van der Waals surface area contributed by atoms with Gasteiger partial charge >= 0.3 is 0 Å². The second-order valence-corrected chi connectivity index (χ2v) is 10.8. The van der Waals surface area contributed by atoms with Crippen LogP contribution in [0.5, 0.6) is 0 Å². The van der Waals surface area contributed by atoms with Gasteiger partial charge in [0, 0.05) is 60.4 Å². The summed E-state index contributed by atoms with van der Waals surface area (Å²) in [4.78, 5) is 6.84. The third-order valence-electron chi connectivity index (χ3n) is 3.93. The van der Waals surface area contributed by atoms with E-state index in [-0.39, 0.29) is 11.8 Å². The van der Waals surface area contributed by atoms with Gasteiger partial charge in [-0.15, -0.1) is 11.3 Å². The fourth-order valence-electron chi connectivity index (χ4n) is 2.63. The van der Waals surface area contributed by atoms with Crippen LogP contribution in [0.25, 0.3) is 0 Å². The Morgan fingerprint density at radius 1 is 1.36 bits per heavy atom. The van der Waals surface area contributed by atoms with Gasteiger partial charge in [-0.2, -0.15) is 11.8 Å². The molecule has 0 saturated carbocycles. The molecule has 1 aromatic heterocycles. The minimum absolute atomic E-state index is 0.0941. The number of rotatable bonds is 7. The highest BCUT2D eigenvalue weighted by molar-refractivity contribution is 7.99. The summed E-state index contributed by atoms with van der Waals surface area (Å²) >= 11 is 3.61. The molecule has 0 radical (unpaired) electrons. The van der Waals surface area contributed by atoms with E-state index in [1.54, 1.807) is 34.5 Å². The van der Waals surface area contributed by atoms with Crippen molar-refractivity contribution >= 4 is 39.1 Å². The lowest BCUT2D eigenvalue weighted by molar-refractivity contribution is 0.443. The highest BCUT2D eigenvalue weighted by atomic mass is 32.2. The summed E-state index contributed by atoms with van der Waals surface area (Å²) in [5, 5.41) is 6.44. The van der Waals surface area contributed by atoms with Gasteiger partial charge in [0.25, 0.3) is 0 Å². The maximum absolute atomic E-state index is 12.3. The Labute approximate surface area is 159 Å². The molecule has 25 heavy (non-hydrogen) atoms. The molecule has 0 aliphatic carbocycles. The summed E-state index contributed by atoms with van der Waals surface area (Å²) in [6, 6.07) is 4.50. The van der Waals surface area contributed by atoms with Gasteiger partial charge in [-0.05, 0) is 26.0 Å². The molecular weight excluding hydrogens is 376 g/mol. The molecule has 1 unspecified atom stereocenters. The first-order chi connectivity index (χ1) is 11.9. The summed E-state index contributed by atoms with van der Waals surface area (Å²) in [7, 11) is -1.48. The van der Waals surface area contributed by atoms with E-state index < -0.39 is 10.0 Å². The summed E-state index contributed by atoms with van der Waals surface area (Å²) in [6.07, 6.45) is 0.920. The second kappa shape index (κ2) is 9.80. The lowest BCUT2D eigenvalue weighted by atomic mass is 10.2. The zero-order chi connectivity index (χ0) is 18.3. The Morgan fingerprint density at radius 3 is 2.68 bits per heavy atom. The molecule has 1 aromatic rings. The monoisotopic (exact) mass is 404 g/mol. The van der Waals surface area contributed by atoms with Gasteiger partial charge in [-0.1, -0.05) is 0 Å². The van der Waals surface area contributed by atoms with Gasteiger partial charge in [0.2, 0.25) is 10.0 Å². The number of nitrogens with one attached hydrogen (secondary N) is 2. The van der Waals surface area contributed by atoms with Crippen LogP contribution in [0.2, 0.25) is 0 Å². The summed E-state index contributed by atoms with van der Waals surface area (Å²) < 4.78 is 26.3. The van der Waals surface area contributed by atoms with Crippen LogP contribution in [0.3, 0.4) is 0 Å². The topological polar surface area (TPSA) is 73.8 Å². The van der Waals surface area contributed by atoms with E-state index in [1.807, 2.05) is 0 Å². The van der Waals surface area contributed by atoms with E-state index in [1.165, 1.54) is 9.75 Å². The number of thioether (sulfide) groups is 1. The van der Waals surface area contributed by atoms with Crippen molar-refractivity contribution in [1.82, 2.24) is 14.9 Å². The molecule has 0 bridgehead atoms. The molecule has 142 valence electrons. The van der Waals surface area contributed by atoms with E-state index in [0.29, 0.717) is 25.6 Å². The van der Waals surface area contributed by atoms with Gasteiger partial charge in [0.15, 0.2) is 5.96 Å². The van der Waals surface area contributed by atoms with Gasteiger partial charge in [0.1, 0.15) is 0 Å². The van der Waals surface area contributed by atoms with Crippen LogP contribution >= 0.6 is 23.1 Å². The minimum Gasteiger partial charge on any atom is -0.355 e. The first kappa shape index (κ1) is 20.5. The van der Waals surface area contributed by atoms with Crippen LogP contribution in [0.4, 0.5) is 0 Å². The van der Waals surface area contributed by atoms with E-state index in [4.69, 9.17) is 0 Å². The van der Waals surface area contributed by atoms with Gasteiger partial charge in [-0.25, -0.2) is 12.7 Å². The molecule has 1 aliphatic heterocycles. The van der Waals surface area contributed by atoms with Crippen LogP contribution in [0.15, 0.2) is 17.1 Å². The third kappa shape index (κ3) is 6.80. The smallest absolute Gasteiger partial charge is 0.215 e. The summed E-state index contributed by atoms with van der Waals surface area (Å²) in [5.41, 5.74) is 0. The van der Waals surface area contributed by atoms with Crippen molar-refractivity contribution < 1.29 is 8.42 Å². The van der Waals surface area contributed by atoms with E-state index in [9.17, 15) is 8.42 Å². The van der Waals surface area contributed by atoms with Gasteiger partial charge in [0.05, 0.1) is 5.75 Å². The average molecular weight is 405 g/mol. The molecular formula is C16H28N4O2S3. The number of guanidine groups is 1. The minimum atomic E-state index is -3.19. The number of hydrogen-bond acceptors (Lipinski definition) is 5. The Morgan fingerprint density at radius 2 is 2.08 bits per heavy atom. The number of aliphatic imine (C=N–C) groups is 1. The summed E-state index contributed by atoms with van der Waals surface area (Å²) in [6.45, 7) is 5.81. The van der Waals surface area contributed by atoms with Crippen molar-refractivity contribution in [3.63, 3.8) is 0 Å². The Hall–Kier alpha value is -0.770. The maximum atomic E-state index is 12.3. The molecule has 2 rings (SSSR count). The Kier molecular flexibility index (Phi) is 8.05. The molecule has 1 atom stereocenters. The first-order valence-electron chi connectivity index (χ1n) is 8.49. The number of nitrogens with zero attached hydrogens (tertiary/aromatic N) is 2. The average Bonchev–Trinajstić information content (AvgIpc) is 2.99. The Balaban J connectivity index is 1.75. The maximum Gasteiger partial charge on any atom is 0.215 e. The normalized spacial score (nSPS) is 18.1. The SMILES string of the molecule is CN=C(NCCS(=O)(=O)N1CCSCC1)NC(C)Cc1ccc(C)s1. The van der Waals surface area contributed by atoms with Gasteiger partial charge < -0.3 is 10.6 Å². The Bertz CT molecular complexity index is 667. The molecule has 2 heterocycles. The molecule has 9 heteroatoms. The zero-order valence-corrected chi connectivity index (χ0v) is 17.6. The number of hydrogen-bond donors (Lipinski definition) is 2. The van der Waals surface area contributed by atoms with Crippen LogP contribution in [-0.2, 0) is 16.4 Å². The molecule has 2 N–H and O–H groups in total. The van der Waals surface area contributed by atoms with Crippen LogP contribution < -0.4 is 10.6 Å². The van der Waals surface area contributed by atoms with E-state index in [0.717, 1.165) is 17.9 Å². The van der Waals surface area contributed by atoms with Crippen molar-refractivity contribution in [2.24, 2.45) is 4.99 Å². The van der Waals surface area contributed by atoms with Crippen LogP contribution in [-0.4, -0.2) is 68.7 Å². The highest BCUT2D eigenvalue weighted by Crippen LogP contribution is 2.16. The third-order valence-corrected chi connectivity index (χ3v) is 7.76. The molecule has 0 amide bonds. The first-order valence-corrected chi connectivity index (χ1v) is 12.1.